The summed E-state index contributed by atoms with van der Waals surface area (Å²) in [6.45, 7) is -5.91. The van der Waals surface area contributed by atoms with Gasteiger partial charge >= 0.3 is 0 Å². The monoisotopic (exact) mass is 269 g/mol. The molecule has 0 bridgehead atoms. The molecule has 1 aliphatic carbocycles. The first-order valence-electron chi connectivity index (χ1n) is 9.72. The number of aliphatic hydroxyl groups is 1. The zero-order valence-corrected chi connectivity index (χ0v) is 11.0. The molecule has 106 valence electrons. The number of nitrogens with zero attached hydrogens (tertiary/aromatic N) is 1. The molecule has 0 amide bonds. The summed E-state index contributed by atoms with van der Waals surface area (Å²) >= 11 is 0. The van der Waals surface area contributed by atoms with Crippen LogP contribution in [0.4, 0.5) is 0 Å². The molecule has 0 spiro atoms. The Morgan fingerprint density at radius 2 is 1.84 bits per heavy atom. The molecule has 1 atom stereocenters. The van der Waals surface area contributed by atoms with Crippen LogP contribution < -0.4 is 0 Å². The third kappa shape index (κ3) is 3.48. The summed E-state index contributed by atoms with van der Waals surface area (Å²) in [6, 6.07) is 6.15. The molecule has 0 unspecified atom stereocenters. The van der Waals surface area contributed by atoms with E-state index in [0.29, 0.717) is 23.3 Å². The first-order chi connectivity index (χ1) is 11.4. The van der Waals surface area contributed by atoms with Crippen LogP contribution in [0, 0.1) is 0 Å². The normalized spacial score (nSPS) is 26.4. The van der Waals surface area contributed by atoms with Crippen LogP contribution in [-0.4, -0.2) is 41.2 Å². The van der Waals surface area contributed by atoms with Gasteiger partial charge in [0, 0.05) is 20.7 Å². The minimum absolute atomic E-state index is 0.0571. The Morgan fingerprint density at radius 1 is 1.21 bits per heavy atom. The van der Waals surface area contributed by atoms with Crippen molar-refractivity contribution in [3.63, 3.8) is 0 Å². The van der Waals surface area contributed by atoms with Crippen LogP contribution >= 0.6 is 0 Å². The molecular formula is C16H25NO2. The van der Waals surface area contributed by atoms with Gasteiger partial charge in [-0.3, -0.25) is 0 Å². The Hall–Kier alpha value is -1.06. The molecule has 0 heterocycles. The summed E-state index contributed by atoms with van der Waals surface area (Å²) < 4.78 is 45.5. The summed E-state index contributed by atoms with van der Waals surface area (Å²) in [6.07, 6.45) is 3.61. The number of hydrogen-bond acceptors (Lipinski definition) is 3. The molecule has 1 fully saturated rings. The lowest BCUT2D eigenvalue weighted by atomic mass is 9.72. The van der Waals surface area contributed by atoms with Crippen LogP contribution in [0.2, 0.25) is 0 Å². The lowest BCUT2D eigenvalue weighted by Gasteiger charge is -2.40. The minimum Gasteiger partial charge on any atom is -0.508 e. The maximum Gasteiger partial charge on any atom is 0.115 e. The fraction of sp³-hybridized carbons (Fsp3) is 0.625. The Bertz CT molecular complexity index is 549. The smallest absolute Gasteiger partial charge is 0.115 e. The maximum absolute atomic E-state index is 11.2. The highest BCUT2D eigenvalue weighted by Gasteiger charge is 2.38. The van der Waals surface area contributed by atoms with Gasteiger partial charge in [-0.2, -0.15) is 0 Å². The van der Waals surface area contributed by atoms with Crippen molar-refractivity contribution >= 4 is 0 Å². The fourth-order valence-corrected chi connectivity index (χ4v) is 2.99. The standard InChI is InChI=1S/C16H25NO2/c1-17(2)12-15(13-6-8-14(18)9-7-13)16(19)10-4-3-5-11-16/h6-9,15,18-19H,3-5,10-12H2,1-2H3/t15-/m0/s1/i1D3,2D3. The number of benzene rings is 1. The third-order valence-corrected chi connectivity index (χ3v) is 4.03. The minimum atomic E-state index is -2.80. The van der Waals surface area contributed by atoms with Gasteiger partial charge in [0.15, 0.2) is 0 Å². The molecule has 1 aromatic rings. The molecule has 19 heavy (non-hydrogen) atoms. The average molecular weight is 269 g/mol. The van der Waals surface area contributed by atoms with E-state index in [1.807, 2.05) is 0 Å². The van der Waals surface area contributed by atoms with E-state index in [2.05, 4.69) is 0 Å². The summed E-state index contributed by atoms with van der Waals surface area (Å²) in [4.78, 5) is 0.504. The third-order valence-electron chi connectivity index (χ3n) is 4.03. The SMILES string of the molecule is [2H]C([2H])([2H])N(C[C@@H](c1ccc(O)cc1)C1(O)CCCCC1)C([2H])([2H])[2H]. The Morgan fingerprint density at radius 3 is 2.42 bits per heavy atom. The van der Waals surface area contributed by atoms with Crippen molar-refractivity contribution in [1.82, 2.24) is 4.90 Å². The van der Waals surface area contributed by atoms with Gasteiger partial charge in [-0.25, -0.2) is 0 Å². The summed E-state index contributed by atoms with van der Waals surface area (Å²) in [7, 11) is 0. The van der Waals surface area contributed by atoms with E-state index in [9.17, 15) is 10.2 Å². The molecule has 0 saturated heterocycles. The predicted octanol–water partition coefficient (Wildman–Crippen LogP) is 2.73. The molecule has 1 aliphatic rings. The van der Waals surface area contributed by atoms with Crippen molar-refractivity contribution < 1.29 is 18.4 Å². The lowest BCUT2D eigenvalue weighted by molar-refractivity contribution is -0.0277. The fourth-order valence-electron chi connectivity index (χ4n) is 2.99. The Kier molecular flexibility index (Phi) is 2.58. The van der Waals surface area contributed by atoms with Gasteiger partial charge in [0.05, 0.1) is 5.60 Å². The zero-order valence-electron chi connectivity index (χ0n) is 17.0. The molecule has 1 saturated carbocycles. The predicted molar refractivity (Wildman–Crippen MR) is 77.4 cm³/mol. The number of phenolic OH excluding ortho intramolecular Hbond substituents is 1. The number of aromatic hydroxyl groups is 1. The molecular weight excluding hydrogens is 238 g/mol. The summed E-state index contributed by atoms with van der Waals surface area (Å²) in [5.41, 5.74) is -0.537. The van der Waals surface area contributed by atoms with E-state index in [4.69, 9.17) is 8.22 Å². The van der Waals surface area contributed by atoms with Gasteiger partial charge < -0.3 is 15.1 Å². The van der Waals surface area contributed by atoms with Crippen molar-refractivity contribution in [1.29, 1.82) is 0 Å². The van der Waals surface area contributed by atoms with Gasteiger partial charge in [-0.1, -0.05) is 31.4 Å². The van der Waals surface area contributed by atoms with Crippen LogP contribution in [0.15, 0.2) is 24.3 Å². The molecule has 0 aliphatic heterocycles. The summed E-state index contributed by atoms with van der Waals surface area (Å²) in [5, 5.41) is 20.7. The molecule has 2 rings (SSSR count). The second-order valence-electron chi connectivity index (χ2n) is 5.42. The molecule has 3 nitrogen and oxygen atoms in total. The van der Waals surface area contributed by atoms with E-state index >= 15 is 0 Å². The van der Waals surface area contributed by atoms with E-state index in [0.717, 1.165) is 19.3 Å². The Balaban J connectivity index is 2.41. The average Bonchev–Trinajstić information content (AvgIpc) is 2.47. The molecule has 2 N–H and O–H groups in total. The quantitative estimate of drug-likeness (QED) is 0.883. The van der Waals surface area contributed by atoms with Crippen LogP contribution in [0.25, 0.3) is 0 Å². The number of phenols is 1. The van der Waals surface area contributed by atoms with Gasteiger partial charge in [0.1, 0.15) is 5.75 Å². The van der Waals surface area contributed by atoms with Gasteiger partial charge in [-0.05, 0) is 44.5 Å². The van der Waals surface area contributed by atoms with Gasteiger partial charge in [0.25, 0.3) is 0 Å². The van der Waals surface area contributed by atoms with Crippen LogP contribution in [0.1, 0.15) is 51.8 Å². The number of rotatable bonds is 4. The highest BCUT2D eigenvalue weighted by atomic mass is 16.3. The maximum atomic E-state index is 11.2. The Labute approximate surface area is 124 Å². The first kappa shape index (κ1) is 8.28. The molecule has 0 radical (unpaired) electrons. The highest BCUT2D eigenvalue weighted by molar-refractivity contribution is 5.30. The van der Waals surface area contributed by atoms with Crippen LogP contribution in [0.5, 0.6) is 5.75 Å². The van der Waals surface area contributed by atoms with Crippen LogP contribution in [0.3, 0.4) is 0 Å². The van der Waals surface area contributed by atoms with Crippen molar-refractivity contribution in [2.24, 2.45) is 0 Å². The molecule has 0 aromatic heterocycles. The van der Waals surface area contributed by atoms with Gasteiger partial charge in [-0.15, -0.1) is 0 Å². The van der Waals surface area contributed by atoms with Crippen molar-refractivity contribution in [2.75, 3.05) is 20.5 Å². The number of likely N-dealkylation sites (N-methyl/N-ethyl adjacent to an activating group) is 1. The largest absolute Gasteiger partial charge is 0.508 e. The zero-order chi connectivity index (χ0) is 18.9. The van der Waals surface area contributed by atoms with Crippen molar-refractivity contribution in [3.05, 3.63) is 29.8 Å². The topological polar surface area (TPSA) is 43.7 Å². The second-order valence-corrected chi connectivity index (χ2v) is 5.42. The number of hydrogen-bond donors (Lipinski definition) is 2. The van der Waals surface area contributed by atoms with E-state index in [-0.39, 0.29) is 12.3 Å². The van der Waals surface area contributed by atoms with Crippen molar-refractivity contribution in [2.45, 2.75) is 43.6 Å². The lowest BCUT2D eigenvalue weighted by Crippen LogP contribution is -2.42. The molecule has 3 heteroatoms. The first-order valence-corrected chi connectivity index (χ1v) is 6.72. The second kappa shape index (κ2) is 5.93. The molecule has 1 aromatic carbocycles. The van der Waals surface area contributed by atoms with Crippen molar-refractivity contribution in [3.8, 4) is 5.75 Å². The summed E-state index contributed by atoms with van der Waals surface area (Å²) in [5.74, 6) is -0.615. The van der Waals surface area contributed by atoms with Crippen LogP contribution in [-0.2, 0) is 0 Å². The van der Waals surface area contributed by atoms with E-state index in [1.165, 1.54) is 12.1 Å². The van der Waals surface area contributed by atoms with Gasteiger partial charge in [0.2, 0.25) is 0 Å². The van der Waals surface area contributed by atoms with E-state index in [1.54, 1.807) is 12.1 Å². The highest BCUT2D eigenvalue weighted by Crippen LogP contribution is 2.40. The van der Waals surface area contributed by atoms with E-state index < -0.39 is 25.5 Å².